The first-order chi connectivity index (χ1) is 22.8. The molecule has 2 aromatic rings. The van der Waals surface area contributed by atoms with Crippen molar-refractivity contribution in [3.8, 4) is 5.75 Å². The lowest BCUT2D eigenvalue weighted by Crippen LogP contribution is -2.56. The molecule has 13 nitrogen and oxygen atoms in total. The third kappa shape index (κ3) is 10.5. The molecular weight excluding hydrogens is 640 g/mol. The van der Waals surface area contributed by atoms with Crippen LogP contribution in [0.3, 0.4) is 0 Å². The maximum absolute atomic E-state index is 13.7. The van der Waals surface area contributed by atoms with Gasteiger partial charge in [-0.1, -0.05) is 44.2 Å². The lowest BCUT2D eigenvalue weighted by atomic mass is 9.79. The molecule has 2 heterocycles. The lowest BCUT2D eigenvalue weighted by molar-refractivity contribution is -0.0907. The quantitative estimate of drug-likeness (QED) is 0.194. The molecule has 2 aliphatic heterocycles. The van der Waals surface area contributed by atoms with Gasteiger partial charge in [0.15, 0.2) is 6.29 Å². The van der Waals surface area contributed by atoms with Crippen LogP contribution in [-0.2, 0) is 30.7 Å². The second kappa shape index (κ2) is 16.8. The Hall–Kier alpha value is -3.43. The van der Waals surface area contributed by atoms with Crippen molar-refractivity contribution >= 4 is 22.1 Å². The Morgan fingerprint density at radius 2 is 1.77 bits per heavy atom. The van der Waals surface area contributed by atoms with Crippen LogP contribution in [0.5, 0.6) is 5.75 Å². The second-order valence-electron chi connectivity index (χ2n) is 13.4. The summed E-state index contributed by atoms with van der Waals surface area (Å²) in [5.41, 5.74) is 0.357. The minimum atomic E-state index is -4.11. The molecule has 2 fully saturated rings. The fourth-order valence-electron chi connectivity index (χ4n) is 6.15. The van der Waals surface area contributed by atoms with Crippen LogP contribution in [-0.4, -0.2) is 102 Å². The minimum absolute atomic E-state index is 0.00579. The number of sulfonamides is 1. The van der Waals surface area contributed by atoms with Gasteiger partial charge < -0.3 is 39.6 Å². The van der Waals surface area contributed by atoms with Gasteiger partial charge in [-0.3, -0.25) is 0 Å². The molecule has 0 aromatic heterocycles. The SMILES string of the molecule is COc1ccc(S(=O)(=O)NC(CC(C)(C)CCCNC(=O)N(C)C)[C@H](O)[C@H](Cc2ccccc2)NC(=O)O[C@@H]2CO[C@@H]3OCC[C@@H]32)cc1. The fraction of sp³-hybridized carbons (Fsp3) is 0.588. The van der Waals surface area contributed by atoms with E-state index in [9.17, 15) is 23.1 Å². The largest absolute Gasteiger partial charge is 0.497 e. The number of ether oxygens (including phenoxy) is 4. The van der Waals surface area contributed by atoms with Crippen molar-refractivity contribution in [1.82, 2.24) is 20.3 Å². The summed E-state index contributed by atoms with van der Waals surface area (Å²) in [6, 6.07) is 13.2. The fourth-order valence-corrected chi connectivity index (χ4v) is 7.40. The number of rotatable bonds is 16. The normalized spacial score (nSPS) is 21.1. The number of carbonyl (C=O) groups is 2. The molecule has 266 valence electrons. The van der Waals surface area contributed by atoms with Gasteiger partial charge in [0.25, 0.3) is 0 Å². The van der Waals surface area contributed by atoms with E-state index >= 15 is 0 Å². The van der Waals surface area contributed by atoms with Crippen molar-refractivity contribution < 1.29 is 42.1 Å². The number of fused-ring (bicyclic) bond motifs is 1. The average Bonchev–Trinajstić information content (AvgIpc) is 3.67. The summed E-state index contributed by atoms with van der Waals surface area (Å²) in [6.45, 7) is 5.14. The van der Waals surface area contributed by atoms with Gasteiger partial charge in [-0.05, 0) is 67.3 Å². The van der Waals surface area contributed by atoms with Crippen LogP contribution in [0.4, 0.5) is 9.59 Å². The lowest BCUT2D eigenvalue weighted by Gasteiger charge is -2.36. The third-order valence-electron chi connectivity index (χ3n) is 8.83. The molecule has 4 rings (SSSR count). The molecule has 6 atom stereocenters. The number of hydrogen-bond acceptors (Lipinski definition) is 9. The van der Waals surface area contributed by atoms with Crippen LogP contribution >= 0.6 is 0 Å². The van der Waals surface area contributed by atoms with E-state index in [-0.39, 0.29) is 36.3 Å². The Morgan fingerprint density at radius 3 is 2.44 bits per heavy atom. The zero-order valence-electron chi connectivity index (χ0n) is 28.4. The maximum atomic E-state index is 13.7. The Bertz CT molecular complexity index is 1440. The van der Waals surface area contributed by atoms with E-state index in [4.69, 9.17) is 18.9 Å². The average molecular weight is 691 g/mol. The molecule has 2 saturated heterocycles. The topological polar surface area (TPSA) is 165 Å². The summed E-state index contributed by atoms with van der Waals surface area (Å²) in [6.07, 6.45) is -0.581. The predicted octanol–water partition coefficient (Wildman–Crippen LogP) is 3.27. The summed E-state index contributed by atoms with van der Waals surface area (Å²) < 4.78 is 52.3. The molecule has 0 saturated carbocycles. The zero-order valence-corrected chi connectivity index (χ0v) is 29.2. The Labute approximate surface area is 283 Å². The molecule has 1 unspecified atom stereocenters. The van der Waals surface area contributed by atoms with E-state index in [1.807, 2.05) is 44.2 Å². The highest BCUT2D eigenvalue weighted by atomic mass is 32.2. The minimum Gasteiger partial charge on any atom is -0.497 e. The van der Waals surface area contributed by atoms with E-state index in [2.05, 4.69) is 15.4 Å². The number of methoxy groups -OCH3 is 1. The summed E-state index contributed by atoms with van der Waals surface area (Å²) in [4.78, 5) is 26.8. The summed E-state index contributed by atoms with van der Waals surface area (Å²) in [5, 5.41) is 17.7. The van der Waals surface area contributed by atoms with Gasteiger partial charge in [0.2, 0.25) is 10.0 Å². The van der Waals surface area contributed by atoms with Crippen LogP contribution in [0.25, 0.3) is 0 Å². The first-order valence-corrected chi connectivity index (χ1v) is 17.8. The number of aliphatic hydroxyl groups excluding tert-OH is 1. The van der Waals surface area contributed by atoms with Gasteiger partial charge >= 0.3 is 12.1 Å². The van der Waals surface area contributed by atoms with E-state index in [1.165, 1.54) is 24.1 Å². The number of nitrogens with zero attached hydrogens (tertiary/aromatic N) is 1. The van der Waals surface area contributed by atoms with E-state index in [0.29, 0.717) is 38.2 Å². The van der Waals surface area contributed by atoms with E-state index < -0.39 is 52.1 Å². The zero-order chi connectivity index (χ0) is 34.9. The second-order valence-corrected chi connectivity index (χ2v) is 15.1. The van der Waals surface area contributed by atoms with Crippen LogP contribution in [0.15, 0.2) is 59.5 Å². The van der Waals surface area contributed by atoms with E-state index in [1.54, 1.807) is 26.2 Å². The van der Waals surface area contributed by atoms with E-state index in [0.717, 1.165) is 5.56 Å². The number of amides is 3. The van der Waals surface area contributed by atoms with Gasteiger partial charge in [-0.25, -0.2) is 22.7 Å². The smallest absolute Gasteiger partial charge is 0.407 e. The maximum Gasteiger partial charge on any atom is 0.407 e. The highest BCUT2D eigenvalue weighted by molar-refractivity contribution is 7.89. The molecule has 0 spiro atoms. The summed E-state index contributed by atoms with van der Waals surface area (Å²) in [5.74, 6) is 0.433. The number of hydrogen-bond donors (Lipinski definition) is 4. The number of carbonyl (C=O) groups excluding carboxylic acids is 2. The first kappa shape index (κ1) is 37.4. The van der Waals surface area contributed by atoms with Gasteiger partial charge in [0, 0.05) is 20.6 Å². The molecule has 3 amide bonds. The molecule has 2 aliphatic rings. The Kier molecular flexibility index (Phi) is 13.1. The van der Waals surface area contributed by atoms with Crippen LogP contribution in [0, 0.1) is 11.3 Å². The molecular formula is C34H50N4O9S. The molecule has 4 N–H and O–H groups in total. The summed E-state index contributed by atoms with van der Waals surface area (Å²) >= 11 is 0. The molecule has 0 bridgehead atoms. The molecule has 14 heteroatoms. The molecule has 0 aliphatic carbocycles. The van der Waals surface area contributed by atoms with Crippen molar-refractivity contribution in [3.05, 3.63) is 60.2 Å². The van der Waals surface area contributed by atoms with Crippen LogP contribution < -0.4 is 20.1 Å². The number of urea groups is 1. The van der Waals surface area contributed by atoms with Crippen molar-refractivity contribution in [2.45, 2.75) is 81.4 Å². The number of aliphatic hydroxyl groups is 1. The number of alkyl carbamates (subject to hydrolysis) is 1. The van der Waals surface area contributed by atoms with Crippen LogP contribution in [0.2, 0.25) is 0 Å². The number of nitrogens with one attached hydrogen (secondary N) is 3. The molecule has 2 aromatic carbocycles. The predicted molar refractivity (Wildman–Crippen MR) is 179 cm³/mol. The molecule has 0 radical (unpaired) electrons. The Balaban J connectivity index is 1.56. The van der Waals surface area contributed by atoms with Gasteiger partial charge in [-0.15, -0.1) is 0 Å². The Morgan fingerprint density at radius 1 is 1.06 bits per heavy atom. The van der Waals surface area contributed by atoms with Crippen molar-refractivity contribution in [1.29, 1.82) is 0 Å². The highest BCUT2D eigenvalue weighted by Crippen LogP contribution is 2.34. The standard InChI is InChI=1S/C34H50N4O9S/c1-34(2,17-9-18-35-32(40)38(3)4)21-28(37-48(42,43)25-14-12-24(44-5)13-15-25)30(39)27(20-23-10-7-6-8-11-23)36-33(41)47-29-22-46-31-26(29)16-19-45-31/h6-8,10-15,26-31,37,39H,9,16-22H2,1-5H3,(H,35,40)(H,36,41)/t26-,27+,28?,29-,30-,31+/m1/s1. The molecule has 48 heavy (non-hydrogen) atoms. The first-order valence-electron chi connectivity index (χ1n) is 16.3. The van der Waals surface area contributed by atoms with Crippen molar-refractivity contribution in [2.24, 2.45) is 11.3 Å². The van der Waals surface area contributed by atoms with Gasteiger partial charge in [0.05, 0.1) is 49.3 Å². The van der Waals surface area contributed by atoms with Crippen molar-refractivity contribution in [3.63, 3.8) is 0 Å². The van der Waals surface area contributed by atoms with Crippen molar-refractivity contribution in [2.75, 3.05) is 41.0 Å². The number of benzene rings is 2. The van der Waals surface area contributed by atoms with Gasteiger partial charge in [-0.2, -0.15) is 0 Å². The monoisotopic (exact) mass is 690 g/mol. The summed E-state index contributed by atoms with van der Waals surface area (Å²) in [7, 11) is 0.707. The highest BCUT2D eigenvalue weighted by Gasteiger charge is 2.44. The van der Waals surface area contributed by atoms with Gasteiger partial charge in [0.1, 0.15) is 11.9 Å². The van der Waals surface area contributed by atoms with Crippen LogP contribution in [0.1, 0.15) is 45.1 Å². The third-order valence-corrected chi connectivity index (χ3v) is 10.3.